The molecule has 1 unspecified atom stereocenters. The fraction of sp³-hybridized carbons (Fsp3) is 0.612. The third kappa shape index (κ3) is 40.2. The summed E-state index contributed by atoms with van der Waals surface area (Å²) in [7, 11) is 1.14. The number of phosphoric ester groups is 1. The van der Waals surface area contributed by atoms with Crippen LogP contribution in [0.3, 0.4) is 0 Å². The lowest BCUT2D eigenvalue weighted by atomic mass is 10.1. The van der Waals surface area contributed by atoms with Gasteiger partial charge in [-0.1, -0.05) is 124 Å². The van der Waals surface area contributed by atoms with Gasteiger partial charge in [-0.15, -0.1) is 11.8 Å². The number of ether oxygens (including phenoxy) is 2. The number of nitrogens with two attached hydrogens (primary N) is 1. The molecule has 0 aliphatic rings. The number of esters is 2. The van der Waals surface area contributed by atoms with Gasteiger partial charge in [0.2, 0.25) is 0 Å². The summed E-state index contributed by atoms with van der Waals surface area (Å²) in [5, 5.41) is 19.5. The molecule has 0 aromatic rings. The van der Waals surface area contributed by atoms with Crippen molar-refractivity contribution in [3.63, 3.8) is 0 Å². The molecule has 64 heavy (non-hydrogen) atoms. The highest BCUT2D eigenvalue weighted by Crippen LogP contribution is 2.43. The molecule has 0 heterocycles. The third-order valence-electron chi connectivity index (χ3n) is 9.10. The maximum absolute atomic E-state index is 13.2. The van der Waals surface area contributed by atoms with Crippen LogP contribution in [0.15, 0.2) is 97.2 Å². The summed E-state index contributed by atoms with van der Waals surface area (Å²) in [5.74, 6) is -2.35. The zero-order valence-corrected chi connectivity index (χ0v) is 41.1. The second-order valence-corrected chi connectivity index (χ2v) is 18.9. The topological polar surface area (TPSA) is 192 Å². The average molecular weight is 938 g/mol. The first-order valence-corrected chi connectivity index (χ1v) is 25.4. The Balaban J connectivity index is 5.37. The molecule has 5 N–H and O–H groups in total. The fourth-order valence-corrected chi connectivity index (χ4v) is 7.24. The molecule has 15 heteroatoms. The van der Waals surface area contributed by atoms with E-state index in [1.165, 1.54) is 31.0 Å². The van der Waals surface area contributed by atoms with Crippen LogP contribution in [0.25, 0.3) is 0 Å². The number of aliphatic hydroxyl groups excluding tert-OH is 1. The van der Waals surface area contributed by atoms with Crippen molar-refractivity contribution in [2.75, 3.05) is 53.3 Å². The Morgan fingerprint density at radius 2 is 1.33 bits per heavy atom. The molecule has 0 aliphatic heterocycles. The smallest absolute Gasteiger partial charge is 0.472 e. The van der Waals surface area contributed by atoms with Gasteiger partial charge in [0, 0.05) is 23.8 Å². The van der Waals surface area contributed by atoms with Crippen molar-refractivity contribution >= 4 is 37.5 Å². The molecule has 0 fully saturated rings. The largest absolute Gasteiger partial charge is 0.481 e. The van der Waals surface area contributed by atoms with Gasteiger partial charge in [-0.05, 0) is 77.0 Å². The first-order valence-electron chi connectivity index (χ1n) is 22.9. The molecular weight excluding hydrogens is 856 g/mol. The zero-order valence-electron chi connectivity index (χ0n) is 39.4. The number of nitrogens with zero attached hydrogens (tertiary/aromatic N) is 1. The van der Waals surface area contributed by atoms with Crippen LogP contribution in [0.5, 0.6) is 0 Å². The highest BCUT2D eigenvalue weighted by atomic mass is 32.2. The SMILES string of the molecule is CC/C=C\C/C=C\C/C=C\C/C=C\CCCCC(=O)OC[C@H](COP(=O)(O)OCC[N+](C)(C)C)OC(=O)[C@@H](N)CS[C@H](/C=C/C=C/C=C\C/C=C\CCCCC)[C@@H](O)CCCC(=O)O. The highest BCUT2D eigenvalue weighted by molar-refractivity contribution is 8.00. The Hall–Kier alpha value is -3.33. The van der Waals surface area contributed by atoms with Crippen LogP contribution in [-0.2, 0) is 37.5 Å². The van der Waals surface area contributed by atoms with Gasteiger partial charge < -0.3 is 34.8 Å². The molecule has 0 amide bonds. The molecule has 0 aromatic heterocycles. The monoisotopic (exact) mass is 938 g/mol. The summed E-state index contributed by atoms with van der Waals surface area (Å²) in [6.07, 6.45) is 42.3. The predicted octanol–water partition coefficient (Wildman–Crippen LogP) is 9.89. The lowest BCUT2D eigenvalue weighted by Crippen LogP contribution is -2.40. The number of quaternary nitrogens is 1. The number of unbranched alkanes of at least 4 members (excludes halogenated alkanes) is 5. The van der Waals surface area contributed by atoms with Gasteiger partial charge in [0.05, 0.1) is 33.9 Å². The minimum atomic E-state index is -4.55. The first kappa shape index (κ1) is 60.7. The number of carbonyl (C=O) groups excluding carboxylic acids is 2. The quantitative estimate of drug-likeness (QED) is 0.0113. The number of phosphoric acid groups is 1. The molecule has 0 bridgehead atoms. The summed E-state index contributed by atoms with van der Waals surface area (Å²) < 4.78 is 34.3. The van der Waals surface area contributed by atoms with Crippen LogP contribution >= 0.6 is 19.6 Å². The van der Waals surface area contributed by atoms with Crippen LogP contribution in [0, 0.1) is 0 Å². The number of carbonyl (C=O) groups is 3. The molecule has 0 saturated heterocycles. The van der Waals surface area contributed by atoms with E-state index < -0.39 is 62.4 Å². The molecule has 0 radical (unpaired) electrons. The zero-order chi connectivity index (χ0) is 47.7. The first-order chi connectivity index (χ1) is 30.6. The number of hydrogen-bond acceptors (Lipinski definition) is 11. The molecular formula is C49H82N2O11PS+. The fourth-order valence-electron chi connectivity index (χ4n) is 5.37. The van der Waals surface area contributed by atoms with Gasteiger partial charge in [-0.3, -0.25) is 23.4 Å². The molecule has 0 aromatic carbocycles. The Morgan fingerprint density at radius 3 is 1.94 bits per heavy atom. The maximum Gasteiger partial charge on any atom is 0.472 e. The van der Waals surface area contributed by atoms with Crippen LogP contribution in [0.4, 0.5) is 0 Å². The van der Waals surface area contributed by atoms with Gasteiger partial charge >= 0.3 is 25.7 Å². The number of aliphatic hydroxyl groups is 1. The van der Waals surface area contributed by atoms with E-state index >= 15 is 0 Å². The van der Waals surface area contributed by atoms with E-state index in [-0.39, 0.29) is 38.0 Å². The number of aliphatic carboxylic acids is 1. The van der Waals surface area contributed by atoms with Crippen LogP contribution < -0.4 is 5.73 Å². The number of allylic oxidation sites excluding steroid dienone is 15. The van der Waals surface area contributed by atoms with Gasteiger partial charge in [-0.25, -0.2) is 4.57 Å². The molecule has 364 valence electrons. The Bertz CT molecular complexity index is 1530. The van der Waals surface area contributed by atoms with E-state index in [1.54, 1.807) is 12.2 Å². The average Bonchev–Trinajstić information content (AvgIpc) is 3.23. The van der Waals surface area contributed by atoms with E-state index in [1.807, 2.05) is 45.4 Å². The lowest BCUT2D eigenvalue weighted by Gasteiger charge is -2.25. The van der Waals surface area contributed by atoms with Crippen molar-refractivity contribution in [2.45, 2.75) is 140 Å². The number of likely N-dealkylation sites (N-methyl/N-ethyl adjacent to an activating group) is 1. The van der Waals surface area contributed by atoms with E-state index in [0.29, 0.717) is 17.4 Å². The van der Waals surface area contributed by atoms with Crippen molar-refractivity contribution in [1.82, 2.24) is 0 Å². The van der Waals surface area contributed by atoms with E-state index in [9.17, 15) is 28.9 Å². The molecule has 0 rings (SSSR count). The predicted molar refractivity (Wildman–Crippen MR) is 262 cm³/mol. The lowest BCUT2D eigenvalue weighted by molar-refractivity contribution is -0.870. The van der Waals surface area contributed by atoms with Crippen LogP contribution in [0.2, 0.25) is 0 Å². The van der Waals surface area contributed by atoms with Gasteiger partial charge in [-0.2, -0.15) is 0 Å². The van der Waals surface area contributed by atoms with Crippen molar-refractivity contribution in [2.24, 2.45) is 5.73 Å². The number of hydrogen-bond donors (Lipinski definition) is 4. The minimum Gasteiger partial charge on any atom is -0.481 e. The molecule has 0 saturated carbocycles. The molecule has 0 spiro atoms. The Kier molecular flexibility index (Phi) is 37.9. The minimum absolute atomic E-state index is 0.0112. The summed E-state index contributed by atoms with van der Waals surface area (Å²) in [6, 6.07) is -1.20. The van der Waals surface area contributed by atoms with Crippen molar-refractivity contribution < 1.29 is 57.1 Å². The second kappa shape index (κ2) is 40.0. The Morgan fingerprint density at radius 1 is 0.734 bits per heavy atom. The molecule has 5 atom stereocenters. The van der Waals surface area contributed by atoms with Gasteiger partial charge in [0.25, 0.3) is 0 Å². The van der Waals surface area contributed by atoms with Crippen molar-refractivity contribution in [1.29, 1.82) is 0 Å². The molecule has 0 aliphatic carbocycles. The van der Waals surface area contributed by atoms with Crippen molar-refractivity contribution in [3.05, 3.63) is 97.2 Å². The summed E-state index contributed by atoms with van der Waals surface area (Å²) in [5.41, 5.74) is 6.24. The summed E-state index contributed by atoms with van der Waals surface area (Å²) in [6.45, 7) is 3.61. The highest BCUT2D eigenvalue weighted by Gasteiger charge is 2.29. The number of carboxylic acids is 1. The number of thioether (sulfide) groups is 1. The number of rotatable bonds is 40. The van der Waals surface area contributed by atoms with Gasteiger partial charge in [0.1, 0.15) is 25.8 Å². The molecule has 13 nitrogen and oxygen atoms in total. The van der Waals surface area contributed by atoms with Crippen LogP contribution in [0.1, 0.15) is 117 Å². The van der Waals surface area contributed by atoms with Crippen molar-refractivity contribution in [3.8, 4) is 0 Å². The van der Waals surface area contributed by atoms with E-state index in [0.717, 1.165) is 51.4 Å². The van der Waals surface area contributed by atoms with E-state index in [4.69, 9.17) is 29.4 Å². The maximum atomic E-state index is 13.2. The second-order valence-electron chi connectivity index (χ2n) is 16.3. The standard InChI is InChI=1S/C49H81N2O11PS/c1-6-8-10-12-14-16-18-20-21-22-24-26-28-30-32-37-48(55)59-40-43(41-61-63(57,58)60-39-38-51(3,4)5)62-49(56)44(50)42-64-46(45(52)34-33-36-47(53)54)35-31-29-27-25-23-19-17-15-13-11-9-7-2/h8,10,14-17,20-21,23-27,29,31,35,43-46,52H,6-7,9,11-13,18-19,22,28,30,32-34,36-42,50H2,1-5H3,(H-,53,54,57,58)/p+1/b10-8-,16-14-,17-15-,21-20-,25-23-,26-24-,29-27+,35-31+/t43-,44+,45+,46-/m1/s1. The third-order valence-corrected chi connectivity index (χ3v) is 11.5. The summed E-state index contributed by atoms with van der Waals surface area (Å²) >= 11 is 1.20. The Labute approximate surface area is 389 Å². The summed E-state index contributed by atoms with van der Waals surface area (Å²) in [4.78, 5) is 47.3. The normalized spacial score (nSPS) is 15.8. The van der Waals surface area contributed by atoms with E-state index in [2.05, 4.69) is 74.6 Å². The van der Waals surface area contributed by atoms with Gasteiger partial charge in [0.15, 0.2) is 6.10 Å². The number of carboxylic acid groups (broad SMARTS) is 1. The van der Waals surface area contributed by atoms with Crippen LogP contribution in [-0.4, -0.2) is 114 Å².